The van der Waals surface area contributed by atoms with Crippen LogP contribution in [0.1, 0.15) is 10.4 Å². The molecule has 19 heavy (non-hydrogen) atoms. The van der Waals surface area contributed by atoms with Crippen molar-refractivity contribution in [1.82, 2.24) is 0 Å². The Hall–Kier alpha value is -1.40. The molecule has 0 atom stereocenters. The van der Waals surface area contributed by atoms with Gasteiger partial charge < -0.3 is 4.74 Å². The monoisotopic (exact) mass is 341 g/mol. The highest BCUT2D eigenvalue weighted by molar-refractivity contribution is 9.08. The van der Waals surface area contributed by atoms with Gasteiger partial charge in [0.25, 0.3) is 5.69 Å². The molecule has 0 saturated carbocycles. The highest BCUT2D eigenvalue weighted by Crippen LogP contribution is 2.26. The van der Waals surface area contributed by atoms with E-state index in [4.69, 9.17) is 4.74 Å². The molecular weight excluding hydrogens is 330 g/mol. The lowest BCUT2D eigenvalue weighted by Gasteiger charge is -2.09. The number of non-ortho nitro benzene ring substituents is 1. The van der Waals surface area contributed by atoms with Crippen molar-refractivity contribution in [1.29, 1.82) is 0 Å². The molecule has 100 valence electrons. The Morgan fingerprint density at radius 3 is 2.84 bits per heavy atom. The van der Waals surface area contributed by atoms with E-state index in [-0.39, 0.29) is 5.69 Å². The topological polar surface area (TPSA) is 52.4 Å². The molecule has 1 heterocycles. The molecule has 0 unspecified atom stereocenters. The van der Waals surface area contributed by atoms with Gasteiger partial charge in [-0.1, -0.05) is 22.0 Å². The first kappa shape index (κ1) is 14.0. The molecule has 0 saturated heterocycles. The van der Waals surface area contributed by atoms with Crippen molar-refractivity contribution in [2.24, 2.45) is 0 Å². The molecule has 1 aromatic heterocycles. The first-order valence-electron chi connectivity index (χ1n) is 5.69. The number of ether oxygens (including phenoxy) is 1. The molecular formula is C13H12BrNO3S. The van der Waals surface area contributed by atoms with Gasteiger partial charge in [0.1, 0.15) is 5.75 Å². The second-order valence-electron chi connectivity index (χ2n) is 3.86. The number of nitrogens with zero attached hydrogens (tertiary/aromatic N) is 1. The highest BCUT2D eigenvalue weighted by atomic mass is 79.9. The lowest BCUT2D eigenvalue weighted by atomic mass is 10.2. The smallest absolute Gasteiger partial charge is 0.270 e. The van der Waals surface area contributed by atoms with E-state index in [1.165, 1.54) is 17.0 Å². The van der Waals surface area contributed by atoms with Crippen molar-refractivity contribution in [3.63, 3.8) is 0 Å². The minimum absolute atomic E-state index is 0.0834. The summed E-state index contributed by atoms with van der Waals surface area (Å²) < 4.78 is 5.69. The molecule has 0 bridgehead atoms. The minimum Gasteiger partial charge on any atom is -0.493 e. The van der Waals surface area contributed by atoms with Crippen LogP contribution in [0.2, 0.25) is 0 Å². The first-order valence-corrected chi connectivity index (χ1v) is 7.69. The number of nitro groups is 1. The van der Waals surface area contributed by atoms with E-state index in [0.717, 1.165) is 12.0 Å². The lowest BCUT2D eigenvalue weighted by molar-refractivity contribution is -0.384. The molecule has 0 fully saturated rings. The van der Waals surface area contributed by atoms with Crippen LogP contribution in [-0.4, -0.2) is 11.5 Å². The molecule has 0 aliphatic rings. The third kappa shape index (κ3) is 3.78. The SMILES string of the molecule is O=[N+]([O-])c1ccc(OCCc2cccs2)c(CBr)c1. The fraction of sp³-hybridized carbons (Fsp3) is 0.231. The quantitative estimate of drug-likeness (QED) is 0.450. The zero-order chi connectivity index (χ0) is 13.7. The maximum Gasteiger partial charge on any atom is 0.270 e. The number of halogens is 1. The molecule has 0 amide bonds. The molecule has 0 aliphatic heterocycles. The number of nitro benzene ring substituents is 1. The highest BCUT2D eigenvalue weighted by Gasteiger charge is 2.11. The van der Waals surface area contributed by atoms with E-state index in [0.29, 0.717) is 17.7 Å². The van der Waals surface area contributed by atoms with Crippen molar-refractivity contribution in [2.45, 2.75) is 11.8 Å². The van der Waals surface area contributed by atoms with Gasteiger partial charge in [0.2, 0.25) is 0 Å². The Balaban J connectivity index is 2.01. The van der Waals surface area contributed by atoms with Crippen LogP contribution in [0.4, 0.5) is 5.69 Å². The van der Waals surface area contributed by atoms with Gasteiger partial charge in [-0.3, -0.25) is 10.1 Å². The van der Waals surface area contributed by atoms with Gasteiger partial charge in [0.05, 0.1) is 11.5 Å². The third-order valence-electron chi connectivity index (χ3n) is 2.58. The molecule has 2 aromatic rings. The Morgan fingerprint density at radius 1 is 1.37 bits per heavy atom. The van der Waals surface area contributed by atoms with Crippen molar-refractivity contribution in [3.8, 4) is 5.75 Å². The van der Waals surface area contributed by atoms with E-state index >= 15 is 0 Å². The zero-order valence-electron chi connectivity index (χ0n) is 10.0. The summed E-state index contributed by atoms with van der Waals surface area (Å²) in [6, 6.07) is 8.73. The minimum atomic E-state index is -0.401. The molecule has 0 spiro atoms. The van der Waals surface area contributed by atoms with Crippen molar-refractivity contribution in [2.75, 3.05) is 6.61 Å². The summed E-state index contributed by atoms with van der Waals surface area (Å²) in [6.07, 6.45) is 0.844. The van der Waals surface area contributed by atoms with Gasteiger partial charge in [-0.05, 0) is 17.5 Å². The summed E-state index contributed by atoms with van der Waals surface area (Å²) in [5.74, 6) is 0.694. The average Bonchev–Trinajstić information content (AvgIpc) is 2.92. The summed E-state index contributed by atoms with van der Waals surface area (Å²) in [7, 11) is 0. The summed E-state index contributed by atoms with van der Waals surface area (Å²) in [4.78, 5) is 11.6. The van der Waals surface area contributed by atoms with Gasteiger partial charge in [0, 0.05) is 34.3 Å². The summed E-state index contributed by atoms with van der Waals surface area (Å²) in [5, 5.41) is 13.3. The summed E-state index contributed by atoms with van der Waals surface area (Å²) in [5.41, 5.74) is 0.875. The van der Waals surface area contributed by atoms with Gasteiger partial charge in [-0.15, -0.1) is 11.3 Å². The Labute approximate surface area is 123 Å². The van der Waals surface area contributed by atoms with Crippen LogP contribution < -0.4 is 4.74 Å². The standard InChI is InChI=1S/C13H12BrNO3S/c14-9-10-8-11(15(16)17)3-4-13(10)18-6-5-12-2-1-7-19-12/h1-4,7-8H,5-6,9H2. The van der Waals surface area contributed by atoms with Crippen LogP contribution in [0.3, 0.4) is 0 Å². The second kappa shape index (κ2) is 6.68. The van der Waals surface area contributed by atoms with Crippen molar-refractivity contribution >= 4 is 33.0 Å². The molecule has 0 aliphatic carbocycles. The number of hydrogen-bond donors (Lipinski definition) is 0. The van der Waals surface area contributed by atoms with Crippen LogP contribution in [0.15, 0.2) is 35.7 Å². The zero-order valence-corrected chi connectivity index (χ0v) is 12.4. The predicted octanol–water partition coefficient (Wildman–Crippen LogP) is 4.17. The van der Waals surface area contributed by atoms with E-state index in [2.05, 4.69) is 22.0 Å². The molecule has 0 radical (unpaired) electrons. The maximum atomic E-state index is 10.7. The Bertz CT molecular complexity index is 557. The number of benzene rings is 1. The van der Waals surface area contributed by atoms with Gasteiger partial charge >= 0.3 is 0 Å². The fourth-order valence-electron chi connectivity index (χ4n) is 1.64. The maximum absolute atomic E-state index is 10.7. The van der Waals surface area contributed by atoms with Crippen LogP contribution in [0.5, 0.6) is 5.75 Å². The van der Waals surface area contributed by atoms with Crippen LogP contribution in [-0.2, 0) is 11.8 Å². The molecule has 4 nitrogen and oxygen atoms in total. The fourth-order valence-corrected chi connectivity index (χ4v) is 2.77. The predicted molar refractivity (Wildman–Crippen MR) is 79.2 cm³/mol. The summed E-state index contributed by atoms with van der Waals surface area (Å²) in [6.45, 7) is 0.568. The summed E-state index contributed by atoms with van der Waals surface area (Å²) >= 11 is 5.02. The van der Waals surface area contributed by atoms with Gasteiger partial charge in [0.15, 0.2) is 0 Å². The molecule has 6 heteroatoms. The van der Waals surface area contributed by atoms with Crippen LogP contribution >= 0.6 is 27.3 Å². The second-order valence-corrected chi connectivity index (χ2v) is 5.45. The number of alkyl halides is 1. The number of rotatable bonds is 6. The van der Waals surface area contributed by atoms with Crippen LogP contribution in [0, 0.1) is 10.1 Å². The van der Waals surface area contributed by atoms with Crippen molar-refractivity contribution < 1.29 is 9.66 Å². The number of thiophene rings is 1. The van der Waals surface area contributed by atoms with E-state index < -0.39 is 4.92 Å². The normalized spacial score (nSPS) is 10.4. The van der Waals surface area contributed by atoms with E-state index in [9.17, 15) is 10.1 Å². The van der Waals surface area contributed by atoms with E-state index in [1.807, 2.05) is 11.4 Å². The molecule has 1 aromatic carbocycles. The molecule has 0 N–H and O–H groups in total. The average molecular weight is 342 g/mol. The number of hydrogen-bond acceptors (Lipinski definition) is 4. The van der Waals surface area contributed by atoms with Gasteiger partial charge in [-0.2, -0.15) is 0 Å². The van der Waals surface area contributed by atoms with E-state index in [1.54, 1.807) is 17.4 Å². The third-order valence-corrected chi connectivity index (χ3v) is 4.13. The Morgan fingerprint density at radius 2 is 2.21 bits per heavy atom. The lowest BCUT2D eigenvalue weighted by Crippen LogP contribution is -2.02. The molecule has 2 rings (SSSR count). The largest absolute Gasteiger partial charge is 0.493 e. The first-order chi connectivity index (χ1) is 9.20. The Kier molecular flexibility index (Phi) is 4.93. The van der Waals surface area contributed by atoms with Gasteiger partial charge in [-0.25, -0.2) is 0 Å². The van der Waals surface area contributed by atoms with Crippen LogP contribution in [0.25, 0.3) is 0 Å². The van der Waals surface area contributed by atoms with Crippen molar-refractivity contribution in [3.05, 3.63) is 56.3 Å².